The maximum absolute atomic E-state index is 13.2. The largest absolute Gasteiger partial charge is 0.465 e. The lowest BCUT2D eigenvalue weighted by Crippen LogP contribution is -2.25. The molecule has 0 atom stereocenters. The van der Waals surface area contributed by atoms with E-state index in [1.807, 2.05) is 36.4 Å². The highest BCUT2D eigenvalue weighted by molar-refractivity contribution is 5.89. The van der Waals surface area contributed by atoms with Crippen LogP contribution in [0, 0.1) is 0 Å². The predicted molar refractivity (Wildman–Crippen MR) is 106 cm³/mol. The quantitative estimate of drug-likeness (QED) is 0.515. The van der Waals surface area contributed by atoms with Crippen LogP contribution in [0.2, 0.25) is 0 Å². The van der Waals surface area contributed by atoms with Crippen LogP contribution >= 0.6 is 0 Å². The second kappa shape index (κ2) is 7.44. The molecule has 0 amide bonds. The molecule has 4 aromatic rings. The van der Waals surface area contributed by atoms with Crippen LogP contribution in [-0.4, -0.2) is 27.6 Å². The van der Waals surface area contributed by atoms with E-state index in [9.17, 15) is 9.59 Å². The minimum absolute atomic E-state index is 0.235. The van der Waals surface area contributed by atoms with E-state index >= 15 is 0 Å². The van der Waals surface area contributed by atoms with Crippen LogP contribution in [0.15, 0.2) is 77.7 Å². The third-order valence-corrected chi connectivity index (χ3v) is 4.44. The molecular formula is C22H17N3O3. The molecule has 0 aliphatic heterocycles. The standard InChI is InChI=1S/C22H17N3O3/c1-28-22(27)16-9-11-17(12-10-16)25-20-18(8-5-13-23-20)24-19(21(25)26)14-15-6-3-2-4-7-15/h2-13H,14H2,1H3. The molecule has 138 valence electrons. The Labute approximate surface area is 161 Å². The van der Waals surface area contributed by atoms with Crippen molar-refractivity contribution >= 4 is 17.1 Å². The Kier molecular flexibility index (Phi) is 4.68. The Bertz CT molecular complexity index is 1200. The smallest absolute Gasteiger partial charge is 0.337 e. The van der Waals surface area contributed by atoms with Gasteiger partial charge in [-0.3, -0.25) is 9.36 Å². The molecule has 0 unspecified atom stereocenters. The molecule has 0 saturated heterocycles. The number of benzene rings is 2. The summed E-state index contributed by atoms with van der Waals surface area (Å²) < 4.78 is 6.26. The molecule has 28 heavy (non-hydrogen) atoms. The number of fused-ring (bicyclic) bond motifs is 1. The highest BCUT2D eigenvalue weighted by Crippen LogP contribution is 2.16. The summed E-state index contributed by atoms with van der Waals surface area (Å²) in [6.07, 6.45) is 2.05. The zero-order chi connectivity index (χ0) is 19.5. The molecule has 2 aromatic carbocycles. The lowest BCUT2D eigenvalue weighted by molar-refractivity contribution is 0.0601. The van der Waals surface area contributed by atoms with Gasteiger partial charge in [-0.15, -0.1) is 0 Å². The number of ether oxygens (including phenoxy) is 1. The van der Waals surface area contributed by atoms with Crippen molar-refractivity contribution in [2.24, 2.45) is 0 Å². The number of esters is 1. The van der Waals surface area contributed by atoms with E-state index in [1.54, 1.807) is 36.5 Å². The van der Waals surface area contributed by atoms with E-state index in [1.165, 1.54) is 11.7 Å². The van der Waals surface area contributed by atoms with Crippen molar-refractivity contribution in [3.63, 3.8) is 0 Å². The maximum atomic E-state index is 13.2. The third-order valence-electron chi connectivity index (χ3n) is 4.44. The van der Waals surface area contributed by atoms with Gasteiger partial charge in [0.15, 0.2) is 5.65 Å². The van der Waals surface area contributed by atoms with E-state index in [2.05, 4.69) is 9.97 Å². The lowest BCUT2D eigenvalue weighted by Gasteiger charge is -2.12. The van der Waals surface area contributed by atoms with E-state index in [0.29, 0.717) is 34.5 Å². The highest BCUT2D eigenvalue weighted by atomic mass is 16.5. The fourth-order valence-corrected chi connectivity index (χ4v) is 3.07. The normalized spacial score (nSPS) is 10.8. The second-order valence-electron chi connectivity index (χ2n) is 6.25. The Morgan fingerprint density at radius 3 is 2.46 bits per heavy atom. The van der Waals surface area contributed by atoms with Crippen molar-refractivity contribution in [2.45, 2.75) is 6.42 Å². The van der Waals surface area contributed by atoms with Crippen LogP contribution < -0.4 is 5.56 Å². The van der Waals surface area contributed by atoms with Crippen LogP contribution in [0.4, 0.5) is 0 Å². The summed E-state index contributed by atoms with van der Waals surface area (Å²) in [5.41, 5.74) is 3.32. The van der Waals surface area contributed by atoms with Crippen molar-refractivity contribution in [1.82, 2.24) is 14.5 Å². The molecule has 0 spiro atoms. The molecule has 0 saturated carbocycles. The van der Waals surface area contributed by atoms with Gasteiger partial charge in [-0.25, -0.2) is 14.8 Å². The maximum Gasteiger partial charge on any atom is 0.337 e. The van der Waals surface area contributed by atoms with E-state index in [4.69, 9.17) is 4.74 Å². The Morgan fingerprint density at radius 2 is 1.75 bits per heavy atom. The van der Waals surface area contributed by atoms with Crippen LogP contribution in [0.5, 0.6) is 0 Å². The fourth-order valence-electron chi connectivity index (χ4n) is 3.07. The van der Waals surface area contributed by atoms with Gasteiger partial charge in [0.25, 0.3) is 5.56 Å². The molecule has 4 rings (SSSR count). The first kappa shape index (κ1) is 17.6. The molecular weight excluding hydrogens is 354 g/mol. The van der Waals surface area contributed by atoms with Crippen molar-refractivity contribution in [1.29, 1.82) is 0 Å². The average molecular weight is 371 g/mol. The molecule has 0 radical (unpaired) electrons. The van der Waals surface area contributed by atoms with Gasteiger partial charge in [-0.1, -0.05) is 30.3 Å². The van der Waals surface area contributed by atoms with Crippen LogP contribution in [0.3, 0.4) is 0 Å². The van der Waals surface area contributed by atoms with Gasteiger partial charge in [-0.05, 0) is 42.0 Å². The molecule has 6 nitrogen and oxygen atoms in total. The summed E-state index contributed by atoms with van der Waals surface area (Å²) in [5, 5.41) is 0. The number of aromatic nitrogens is 3. The van der Waals surface area contributed by atoms with Gasteiger partial charge in [0.1, 0.15) is 11.2 Å². The van der Waals surface area contributed by atoms with Crippen molar-refractivity contribution in [3.8, 4) is 5.69 Å². The van der Waals surface area contributed by atoms with E-state index in [-0.39, 0.29) is 5.56 Å². The SMILES string of the molecule is COC(=O)c1ccc(-n2c(=O)c(Cc3ccccc3)nc3cccnc32)cc1. The Hall–Kier alpha value is -3.80. The van der Waals surface area contributed by atoms with Gasteiger partial charge in [-0.2, -0.15) is 0 Å². The first-order valence-electron chi connectivity index (χ1n) is 8.76. The molecule has 2 heterocycles. The van der Waals surface area contributed by atoms with Gasteiger partial charge >= 0.3 is 5.97 Å². The summed E-state index contributed by atoms with van der Waals surface area (Å²) in [4.78, 5) is 33.8. The van der Waals surface area contributed by atoms with Crippen LogP contribution in [0.1, 0.15) is 21.6 Å². The van der Waals surface area contributed by atoms with Gasteiger partial charge in [0, 0.05) is 12.6 Å². The molecule has 6 heteroatoms. The van der Waals surface area contributed by atoms with E-state index in [0.717, 1.165) is 5.56 Å². The van der Waals surface area contributed by atoms with Crippen LogP contribution in [-0.2, 0) is 11.2 Å². The summed E-state index contributed by atoms with van der Waals surface area (Å²) in [6.45, 7) is 0. The highest BCUT2D eigenvalue weighted by Gasteiger charge is 2.14. The number of carbonyl (C=O) groups excluding carboxylic acids is 1. The van der Waals surface area contributed by atoms with Crippen molar-refractivity contribution < 1.29 is 9.53 Å². The number of hydrogen-bond acceptors (Lipinski definition) is 5. The van der Waals surface area contributed by atoms with Crippen LogP contribution in [0.25, 0.3) is 16.9 Å². The monoisotopic (exact) mass is 371 g/mol. The first-order chi connectivity index (χ1) is 13.7. The number of methoxy groups -OCH3 is 1. The van der Waals surface area contributed by atoms with Gasteiger partial charge in [0.2, 0.25) is 0 Å². The number of hydrogen-bond donors (Lipinski definition) is 0. The number of pyridine rings is 1. The average Bonchev–Trinajstić information content (AvgIpc) is 2.75. The summed E-state index contributed by atoms with van der Waals surface area (Å²) in [5.74, 6) is -0.429. The fraction of sp³-hybridized carbons (Fsp3) is 0.0909. The molecule has 0 bridgehead atoms. The van der Waals surface area contributed by atoms with E-state index < -0.39 is 5.97 Å². The molecule has 0 aliphatic carbocycles. The third kappa shape index (κ3) is 3.27. The molecule has 0 N–H and O–H groups in total. The minimum atomic E-state index is -0.429. The molecule has 2 aromatic heterocycles. The zero-order valence-corrected chi connectivity index (χ0v) is 15.2. The topological polar surface area (TPSA) is 74.1 Å². The number of rotatable bonds is 4. The van der Waals surface area contributed by atoms with Crippen molar-refractivity contribution in [2.75, 3.05) is 7.11 Å². The lowest BCUT2D eigenvalue weighted by atomic mass is 10.1. The molecule has 0 aliphatic rings. The van der Waals surface area contributed by atoms with Gasteiger partial charge in [0.05, 0.1) is 18.4 Å². The molecule has 0 fully saturated rings. The summed E-state index contributed by atoms with van der Waals surface area (Å²) >= 11 is 0. The van der Waals surface area contributed by atoms with Gasteiger partial charge < -0.3 is 4.74 Å². The Balaban J connectivity index is 1.88. The number of nitrogens with zero attached hydrogens (tertiary/aromatic N) is 3. The predicted octanol–water partition coefficient (Wildman–Crippen LogP) is 3.16. The minimum Gasteiger partial charge on any atom is -0.465 e. The Morgan fingerprint density at radius 1 is 1.00 bits per heavy atom. The van der Waals surface area contributed by atoms with Crippen molar-refractivity contribution in [3.05, 3.63) is 100 Å². The zero-order valence-electron chi connectivity index (χ0n) is 15.2. The number of carbonyl (C=O) groups is 1. The second-order valence-corrected chi connectivity index (χ2v) is 6.25. The summed E-state index contributed by atoms with van der Waals surface area (Å²) in [6, 6.07) is 20.0. The summed E-state index contributed by atoms with van der Waals surface area (Å²) in [7, 11) is 1.33. The first-order valence-corrected chi connectivity index (χ1v) is 8.76.